The summed E-state index contributed by atoms with van der Waals surface area (Å²) in [5.74, 6) is 0.721. The predicted molar refractivity (Wildman–Crippen MR) is 154 cm³/mol. The van der Waals surface area contributed by atoms with E-state index in [9.17, 15) is 9.90 Å². The van der Waals surface area contributed by atoms with E-state index in [-0.39, 0.29) is 30.8 Å². The summed E-state index contributed by atoms with van der Waals surface area (Å²) in [6, 6.07) is 26.6. The molecule has 4 aromatic rings. The largest absolute Gasteiger partial charge is 0.392 e. The number of aliphatic hydroxyl groups excluding tert-OH is 1. The van der Waals surface area contributed by atoms with E-state index in [1.54, 1.807) is 30.2 Å². The Bertz CT molecular complexity index is 1360. The number of ether oxygens (including phenoxy) is 2. The minimum absolute atomic E-state index is 0.00586. The zero-order chi connectivity index (χ0) is 27.7. The molecule has 2 amide bonds. The van der Waals surface area contributed by atoms with Gasteiger partial charge in [-0.1, -0.05) is 85.4 Å². The van der Waals surface area contributed by atoms with Crippen molar-refractivity contribution in [3.63, 3.8) is 0 Å². The molecule has 1 aromatic heterocycles. The molecular weight excluding hydrogens is 524 g/mol. The molecule has 40 heavy (non-hydrogen) atoms. The fourth-order valence-electron chi connectivity index (χ4n) is 4.50. The van der Waals surface area contributed by atoms with Gasteiger partial charge in [0.2, 0.25) is 0 Å². The number of anilines is 1. The Morgan fingerprint density at radius 1 is 0.875 bits per heavy atom. The van der Waals surface area contributed by atoms with Crippen molar-refractivity contribution in [3.8, 4) is 0 Å². The topological polar surface area (TPSA) is 106 Å². The molecule has 0 radical (unpaired) electrons. The summed E-state index contributed by atoms with van der Waals surface area (Å²) in [7, 11) is 0. The van der Waals surface area contributed by atoms with Crippen LogP contribution in [0.25, 0.3) is 0 Å². The molecular formula is C31H32N4O4S. The highest BCUT2D eigenvalue weighted by molar-refractivity contribution is 7.99. The lowest BCUT2D eigenvalue weighted by atomic mass is 9.91. The molecule has 1 saturated heterocycles. The quantitative estimate of drug-likeness (QED) is 0.175. The smallest absolute Gasteiger partial charge is 0.319 e. The highest BCUT2D eigenvalue weighted by atomic mass is 32.2. The SMILES string of the molecule is C[C@H]1[C@@H](CSc2ncccn2)O[C@@H](c2ccc(NC(=O)NCc3ccccc3)cc2)O[C@H]1c1ccc(CO)cc1. The number of urea groups is 1. The highest BCUT2D eigenvalue weighted by Gasteiger charge is 2.38. The Morgan fingerprint density at radius 3 is 2.27 bits per heavy atom. The van der Waals surface area contributed by atoms with E-state index in [1.807, 2.05) is 78.9 Å². The lowest BCUT2D eigenvalue weighted by Gasteiger charge is -2.41. The van der Waals surface area contributed by atoms with Crippen LogP contribution < -0.4 is 10.6 Å². The Balaban J connectivity index is 1.27. The number of hydrogen-bond donors (Lipinski definition) is 3. The number of amides is 2. The highest BCUT2D eigenvalue weighted by Crippen LogP contribution is 2.42. The van der Waals surface area contributed by atoms with Gasteiger partial charge < -0.3 is 25.2 Å². The molecule has 0 aliphatic carbocycles. The maximum Gasteiger partial charge on any atom is 0.319 e. The summed E-state index contributed by atoms with van der Waals surface area (Å²) in [6.45, 7) is 2.56. The van der Waals surface area contributed by atoms with E-state index in [0.717, 1.165) is 22.3 Å². The van der Waals surface area contributed by atoms with E-state index in [0.29, 0.717) is 23.1 Å². The number of thioether (sulfide) groups is 1. The standard InChI is InChI=1S/C31H32N4O4S/c1-21-27(20-40-31-32-16-5-17-33-31)38-29(39-28(21)24-10-8-23(19-36)9-11-24)25-12-14-26(15-13-25)35-30(37)34-18-22-6-3-2-4-7-22/h2-17,21,27-29,36H,18-20H2,1H3,(H2,34,35,37)/t21-,27+,28+,29+/m0/s1. The molecule has 206 valence electrons. The maximum absolute atomic E-state index is 12.4. The number of carbonyl (C=O) groups excluding carboxylic acids is 1. The van der Waals surface area contributed by atoms with Gasteiger partial charge in [-0.15, -0.1) is 0 Å². The van der Waals surface area contributed by atoms with Gasteiger partial charge in [-0.3, -0.25) is 0 Å². The van der Waals surface area contributed by atoms with Crippen LogP contribution in [0.15, 0.2) is 102 Å². The van der Waals surface area contributed by atoms with Crippen molar-refractivity contribution in [3.05, 3.63) is 120 Å². The molecule has 1 aliphatic heterocycles. The number of aromatic nitrogens is 2. The lowest BCUT2D eigenvalue weighted by Crippen LogP contribution is -2.38. The van der Waals surface area contributed by atoms with Crippen molar-refractivity contribution >= 4 is 23.5 Å². The Morgan fingerprint density at radius 2 is 1.57 bits per heavy atom. The third-order valence-electron chi connectivity index (χ3n) is 6.78. The van der Waals surface area contributed by atoms with Gasteiger partial charge in [0.05, 0.1) is 18.8 Å². The van der Waals surface area contributed by atoms with Crippen LogP contribution in [-0.2, 0) is 22.6 Å². The summed E-state index contributed by atoms with van der Waals surface area (Å²) in [5, 5.41) is 15.9. The molecule has 0 unspecified atom stereocenters. The number of benzene rings is 3. The van der Waals surface area contributed by atoms with Crippen LogP contribution in [-0.4, -0.2) is 33.0 Å². The van der Waals surface area contributed by atoms with Crippen LogP contribution in [0, 0.1) is 5.92 Å². The molecule has 0 spiro atoms. The van der Waals surface area contributed by atoms with Crippen molar-refractivity contribution in [2.24, 2.45) is 5.92 Å². The molecule has 3 aromatic carbocycles. The number of hydrogen-bond acceptors (Lipinski definition) is 7. The molecule has 4 atom stereocenters. The van der Waals surface area contributed by atoms with Crippen LogP contribution in [0.2, 0.25) is 0 Å². The van der Waals surface area contributed by atoms with E-state index < -0.39 is 6.29 Å². The second kappa shape index (κ2) is 13.5. The van der Waals surface area contributed by atoms with Gasteiger partial charge in [0, 0.05) is 41.9 Å². The fourth-order valence-corrected chi connectivity index (χ4v) is 5.47. The van der Waals surface area contributed by atoms with Gasteiger partial charge in [-0.2, -0.15) is 0 Å². The zero-order valence-corrected chi connectivity index (χ0v) is 23.0. The number of carbonyl (C=O) groups is 1. The van der Waals surface area contributed by atoms with E-state index in [1.165, 1.54) is 0 Å². The molecule has 3 N–H and O–H groups in total. The maximum atomic E-state index is 12.4. The van der Waals surface area contributed by atoms with Crippen molar-refractivity contribution in [1.29, 1.82) is 0 Å². The number of rotatable bonds is 9. The van der Waals surface area contributed by atoms with Gasteiger partial charge in [0.1, 0.15) is 0 Å². The minimum Gasteiger partial charge on any atom is -0.392 e. The Hall–Kier alpha value is -3.76. The first-order chi connectivity index (χ1) is 19.6. The average molecular weight is 557 g/mol. The Kier molecular flexibility index (Phi) is 9.41. The molecule has 8 nitrogen and oxygen atoms in total. The number of nitrogens with one attached hydrogen (secondary N) is 2. The van der Waals surface area contributed by atoms with E-state index in [2.05, 4.69) is 27.5 Å². The second-order valence-electron chi connectivity index (χ2n) is 9.58. The normalized spacial score (nSPS) is 20.6. The average Bonchev–Trinajstić information content (AvgIpc) is 3.01. The lowest BCUT2D eigenvalue weighted by molar-refractivity contribution is -0.268. The Labute approximate surface area is 238 Å². The summed E-state index contributed by atoms with van der Waals surface area (Å²) in [6.07, 6.45) is 2.53. The summed E-state index contributed by atoms with van der Waals surface area (Å²) in [4.78, 5) is 21.0. The fraction of sp³-hybridized carbons (Fsp3) is 0.258. The number of nitrogens with zero attached hydrogens (tertiary/aromatic N) is 2. The molecule has 0 saturated carbocycles. The van der Waals surface area contributed by atoms with Gasteiger partial charge in [-0.25, -0.2) is 14.8 Å². The van der Waals surface area contributed by atoms with E-state index >= 15 is 0 Å². The molecule has 9 heteroatoms. The third-order valence-corrected chi connectivity index (χ3v) is 7.74. The van der Waals surface area contributed by atoms with Crippen LogP contribution in [0.3, 0.4) is 0 Å². The minimum atomic E-state index is -0.595. The van der Waals surface area contributed by atoms with Gasteiger partial charge in [0.25, 0.3) is 0 Å². The summed E-state index contributed by atoms with van der Waals surface area (Å²) in [5.41, 5.74) is 4.43. The number of aliphatic hydroxyl groups is 1. The van der Waals surface area contributed by atoms with Crippen molar-refractivity contribution in [1.82, 2.24) is 15.3 Å². The second-order valence-corrected chi connectivity index (χ2v) is 10.6. The van der Waals surface area contributed by atoms with Crippen molar-refractivity contribution in [2.75, 3.05) is 11.1 Å². The third kappa shape index (κ3) is 7.25. The van der Waals surface area contributed by atoms with Crippen LogP contribution in [0.5, 0.6) is 0 Å². The van der Waals surface area contributed by atoms with Crippen molar-refractivity contribution in [2.45, 2.75) is 43.7 Å². The first kappa shape index (κ1) is 27.8. The first-order valence-electron chi connectivity index (χ1n) is 13.2. The van der Waals surface area contributed by atoms with Crippen molar-refractivity contribution < 1.29 is 19.4 Å². The molecule has 2 heterocycles. The van der Waals surface area contributed by atoms with Gasteiger partial charge >= 0.3 is 6.03 Å². The van der Waals surface area contributed by atoms with Crippen LogP contribution in [0.1, 0.15) is 41.6 Å². The van der Waals surface area contributed by atoms with Crippen LogP contribution in [0.4, 0.5) is 10.5 Å². The summed E-state index contributed by atoms with van der Waals surface area (Å²) < 4.78 is 13.0. The van der Waals surface area contributed by atoms with Gasteiger partial charge in [0.15, 0.2) is 11.4 Å². The molecule has 5 rings (SSSR count). The molecule has 0 bridgehead atoms. The van der Waals surface area contributed by atoms with Gasteiger partial charge in [-0.05, 0) is 34.9 Å². The first-order valence-corrected chi connectivity index (χ1v) is 14.2. The zero-order valence-electron chi connectivity index (χ0n) is 22.1. The van der Waals surface area contributed by atoms with Crippen LogP contribution >= 0.6 is 11.8 Å². The van der Waals surface area contributed by atoms with E-state index in [4.69, 9.17) is 9.47 Å². The predicted octanol–water partition coefficient (Wildman–Crippen LogP) is 5.87. The monoisotopic (exact) mass is 556 g/mol. The molecule has 1 fully saturated rings. The summed E-state index contributed by atoms with van der Waals surface area (Å²) >= 11 is 1.55. The molecule has 1 aliphatic rings.